The minimum Gasteiger partial charge on any atom is -0.384 e. The van der Waals surface area contributed by atoms with Gasteiger partial charge < -0.3 is 21.3 Å². The highest BCUT2D eigenvalue weighted by Crippen LogP contribution is 2.27. The molecule has 3 rings (SSSR count). The van der Waals surface area contributed by atoms with Crippen molar-refractivity contribution in [3.05, 3.63) is 47.7 Å². The zero-order chi connectivity index (χ0) is 20.1. The van der Waals surface area contributed by atoms with Crippen LogP contribution in [0.25, 0.3) is 0 Å². The Bertz CT molecular complexity index is 842. The van der Waals surface area contributed by atoms with Gasteiger partial charge in [-0.05, 0) is 43.0 Å². The van der Waals surface area contributed by atoms with E-state index in [1.54, 1.807) is 32.3 Å². The van der Waals surface area contributed by atoms with Crippen LogP contribution in [0, 0.1) is 5.92 Å². The van der Waals surface area contributed by atoms with E-state index < -0.39 is 5.91 Å². The molecule has 1 saturated carbocycles. The molecule has 2 aromatic rings. The van der Waals surface area contributed by atoms with Gasteiger partial charge in [-0.3, -0.25) is 9.59 Å². The molecule has 1 aromatic carbocycles. The van der Waals surface area contributed by atoms with Gasteiger partial charge in [0.15, 0.2) is 0 Å². The first-order valence-electron chi connectivity index (χ1n) is 9.56. The highest BCUT2D eigenvalue weighted by molar-refractivity contribution is 5.98. The molecule has 1 fully saturated rings. The van der Waals surface area contributed by atoms with Gasteiger partial charge >= 0.3 is 0 Å². The molecule has 0 bridgehead atoms. The molecule has 28 heavy (non-hydrogen) atoms. The number of nitrogens with zero attached hydrogens (tertiary/aromatic N) is 2. The fourth-order valence-electron chi connectivity index (χ4n) is 3.44. The van der Waals surface area contributed by atoms with Gasteiger partial charge in [-0.25, -0.2) is 4.98 Å². The monoisotopic (exact) mass is 381 g/mol. The van der Waals surface area contributed by atoms with E-state index >= 15 is 0 Å². The van der Waals surface area contributed by atoms with Gasteiger partial charge in [0.25, 0.3) is 11.8 Å². The summed E-state index contributed by atoms with van der Waals surface area (Å²) in [6.07, 6.45) is 6.46. The van der Waals surface area contributed by atoms with Crippen molar-refractivity contribution in [2.45, 2.75) is 25.7 Å². The Morgan fingerprint density at radius 3 is 2.46 bits per heavy atom. The molecule has 0 atom stereocenters. The summed E-state index contributed by atoms with van der Waals surface area (Å²) in [5.41, 5.74) is 7.99. The topological polar surface area (TPSA) is 100 Å². The quantitative estimate of drug-likeness (QED) is 0.684. The molecule has 1 heterocycles. The second-order valence-electron chi connectivity index (χ2n) is 7.41. The zero-order valence-electron chi connectivity index (χ0n) is 16.4. The predicted octanol–water partition coefficient (Wildman–Crippen LogP) is 3.23. The fourth-order valence-corrected chi connectivity index (χ4v) is 3.44. The molecule has 7 nitrogen and oxygen atoms in total. The van der Waals surface area contributed by atoms with Gasteiger partial charge in [0, 0.05) is 44.2 Å². The van der Waals surface area contributed by atoms with E-state index in [0.717, 1.165) is 12.2 Å². The Labute approximate surface area is 165 Å². The Hall–Kier alpha value is -3.09. The average molecular weight is 381 g/mol. The van der Waals surface area contributed by atoms with Crippen LogP contribution in [0.3, 0.4) is 0 Å². The summed E-state index contributed by atoms with van der Waals surface area (Å²) < 4.78 is 0. The van der Waals surface area contributed by atoms with Gasteiger partial charge in [-0.1, -0.05) is 12.8 Å². The van der Waals surface area contributed by atoms with Crippen LogP contribution < -0.4 is 16.4 Å². The smallest absolute Gasteiger partial charge is 0.253 e. The summed E-state index contributed by atoms with van der Waals surface area (Å²) in [6.45, 7) is 0.824. The fraction of sp³-hybridized carbons (Fsp3) is 0.381. The minimum absolute atomic E-state index is 0.0473. The lowest BCUT2D eigenvalue weighted by Gasteiger charge is -2.15. The molecule has 0 radical (unpaired) electrons. The summed E-state index contributed by atoms with van der Waals surface area (Å²) in [4.78, 5) is 29.5. The van der Waals surface area contributed by atoms with Gasteiger partial charge in [0.2, 0.25) is 0 Å². The number of hydrogen-bond acceptors (Lipinski definition) is 5. The van der Waals surface area contributed by atoms with Gasteiger partial charge in [0.05, 0.1) is 11.3 Å². The molecular formula is C21H27N5O2. The average Bonchev–Trinajstić information content (AvgIpc) is 3.20. The van der Waals surface area contributed by atoms with E-state index in [2.05, 4.69) is 15.6 Å². The van der Waals surface area contributed by atoms with Crippen LogP contribution in [0.1, 0.15) is 46.4 Å². The highest BCUT2D eigenvalue weighted by Gasteiger charge is 2.17. The number of hydrogen-bond donors (Lipinski definition) is 3. The lowest BCUT2D eigenvalue weighted by molar-refractivity contribution is 0.0827. The summed E-state index contributed by atoms with van der Waals surface area (Å²) in [5, 5.41) is 6.57. The number of nitrogens with two attached hydrogens (primary N) is 1. The zero-order valence-corrected chi connectivity index (χ0v) is 16.4. The SMILES string of the molecule is CN(C)C(=O)c1ccc(Nc2cc(NCC3CCCC3)c(C(N)=O)cn2)cc1. The first-order chi connectivity index (χ1) is 13.4. The third kappa shape index (κ3) is 4.79. The number of primary amides is 1. The number of rotatable bonds is 7. The second kappa shape index (κ2) is 8.73. The van der Waals surface area contributed by atoms with Gasteiger partial charge in [0.1, 0.15) is 5.82 Å². The molecule has 1 aliphatic rings. The van der Waals surface area contributed by atoms with Crippen LogP contribution in [-0.2, 0) is 0 Å². The summed E-state index contributed by atoms with van der Waals surface area (Å²) >= 11 is 0. The summed E-state index contributed by atoms with van der Waals surface area (Å²) in [6, 6.07) is 8.98. The molecule has 4 N–H and O–H groups in total. The lowest BCUT2D eigenvalue weighted by atomic mass is 10.1. The van der Waals surface area contributed by atoms with Crippen molar-refractivity contribution in [1.82, 2.24) is 9.88 Å². The first-order valence-corrected chi connectivity index (χ1v) is 9.56. The normalized spacial score (nSPS) is 13.9. The number of benzene rings is 1. The minimum atomic E-state index is -0.500. The summed E-state index contributed by atoms with van der Waals surface area (Å²) in [5.74, 6) is 0.686. The van der Waals surface area contributed by atoms with E-state index in [4.69, 9.17) is 5.73 Å². The Kier molecular flexibility index (Phi) is 6.13. The van der Waals surface area contributed by atoms with Crippen LogP contribution in [-0.4, -0.2) is 42.3 Å². The highest BCUT2D eigenvalue weighted by atomic mass is 16.2. The van der Waals surface area contributed by atoms with Crippen LogP contribution in [0.4, 0.5) is 17.2 Å². The van der Waals surface area contributed by atoms with Crippen LogP contribution in [0.2, 0.25) is 0 Å². The van der Waals surface area contributed by atoms with Crippen molar-refractivity contribution in [1.29, 1.82) is 0 Å². The predicted molar refractivity (Wildman–Crippen MR) is 111 cm³/mol. The number of amides is 2. The maximum Gasteiger partial charge on any atom is 0.253 e. The molecule has 0 unspecified atom stereocenters. The Balaban J connectivity index is 1.73. The van der Waals surface area contributed by atoms with E-state index in [0.29, 0.717) is 28.6 Å². The van der Waals surface area contributed by atoms with Crippen molar-refractivity contribution in [2.75, 3.05) is 31.3 Å². The van der Waals surface area contributed by atoms with E-state index in [1.165, 1.54) is 36.8 Å². The largest absolute Gasteiger partial charge is 0.384 e. The number of aromatic nitrogens is 1. The van der Waals surface area contributed by atoms with Crippen molar-refractivity contribution in [2.24, 2.45) is 11.7 Å². The van der Waals surface area contributed by atoms with Gasteiger partial charge in [-0.2, -0.15) is 0 Å². The number of anilines is 3. The lowest BCUT2D eigenvalue weighted by Crippen LogP contribution is -2.21. The maximum absolute atomic E-state index is 12.0. The third-order valence-electron chi connectivity index (χ3n) is 5.04. The van der Waals surface area contributed by atoms with Crippen molar-refractivity contribution in [3.63, 3.8) is 0 Å². The molecule has 7 heteroatoms. The standard InChI is InChI=1S/C21H27N5O2/c1-26(2)21(28)15-7-9-16(10-8-15)25-19-11-18(17(13-24-19)20(22)27)23-12-14-5-3-4-6-14/h7-11,13-14H,3-6,12H2,1-2H3,(H2,22,27)(H2,23,24,25). The Morgan fingerprint density at radius 1 is 1.18 bits per heavy atom. The molecule has 0 spiro atoms. The first kappa shape index (κ1) is 19.7. The van der Waals surface area contributed by atoms with Crippen LogP contribution in [0.15, 0.2) is 36.5 Å². The van der Waals surface area contributed by atoms with Crippen molar-refractivity contribution < 1.29 is 9.59 Å². The summed E-state index contributed by atoms with van der Waals surface area (Å²) in [7, 11) is 3.44. The van der Waals surface area contributed by atoms with E-state index in [-0.39, 0.29) is 5.91 Å². The number of pyridine rings is 1. The van der Waals surface area contributed by atoms with Crippen LogP contribution in [0.5, 0.6) is 0 Å². The Morgan fingerprint density at radius 2 is 1.86 bits per heavy atom. The molecule has 1 aliphatic carbocycles. The molecule has 0 aliphatic heterocycles. The molecular weight excluding hydrogens is 354 g/mol. The maximum atomic E-state index is 12.0. The number of nitrogens with one attached hydrogen (secondary N) is 2. The number of carbonyl (C=O) groups excluding carboxylic acids is 2. The van der Waals surface area contributed by atoms with Crippen LogP contribution >= 0.6 is 0 Å². The van der Waals surface area contributed by atoms with E-state index in [1.807, 2.05) is 12.1 Å². The molecule has 0 saturated heterocycles. The third-order valence-corrected chi connectivity index (χ3v) is 5.04. The van der Waals surface area contributed by atoms with Gasteiger partial charge in [-0.15, -0.1) is 0 Å². The van der Waals surface area contributed by atoms with E-state index in [9.17, 15) is 9.59 Å². The van der Waals surface area contributed by atoms with Crippen molar-refractivity contribution in [3.8, 4) is 0 Å². The number of carbonyl (C=O) groups is 2. The molecule has 2 amide bonds. The molecule has 1 aromatic heterocycles. The molecule has 148 valence electrons. The second-order valence-corrected chi connectivity index (χ2v) is 7.41. The van der Waals surface area contributed by atoms with Crippen molar-refractivity contribution >= 4 is 29.0 Å².